The van der Waals surface area contributed by atoms with E-state index in [-0.39, 0.29) is 18.8 Å². The van der Waals surface area contributed by atoms with Crippen LogP contribution in [0.5, 0.6) is 0 Å². The van der Waals surface area contributed by atoms with Crippen LogP contribution >= 0.6 is 0 Å². The van der Waals surface area contributed by atoms with Crippen molar-refractivity contribution in [2.75, 3.05) is 6.61 Å². The van der Waals surface area contributed by atoms with Crippen molar-refractivity contribution in [3.05, 3.63) is 0 Å². The molecule has 0 rings (SSSR count). The summed E-state index contributed by atoms with van der Waals surface area (Å²) < 4.78 is 4.97. The van der Waals surface area contributed by atoms with Gasteiger partial charge in [-0.05, 0) is 27.7 Å². The molecule has 0 aromatic rings. The summed E-state index contributed by atoms with van der Waals surface area (Å²) in [5.74, 6) is -0.219. The Kier molecular flexibility index (Phi) is 5.28. The number of amides is 1. The molecule has 1 atom stereocenters. The number of carbonyl (C=O) groups excluding carboxylic acids is 2. The molecule has 5 nitrogen and oxygen atoms in total. The summed E-state index contributed by atoms with van der Waals surface area (Å²) in [7, 11) is 0. The topological polar surface area (TPSA) is 75.6 Å². The average molecular weight is 217 g/mol. The number of hydrogen-bond acceptors (Lipinski definition) is 4. The van der Waals surface area contributed by atoms with Gasteiger partial charge in [-0.15, -0.1) is 0 Å². The highest BCUT2D eigenvalue weighted by molar-refractivity contribution is 5.87. The monoisotopic (exact) mass is 217 g/mol. The van der Waals surface area contributed by atoms with E-state index >= 15 is 0 Å². The largest absolute Gasteiger partial charge is 0.444 e. The third kappa shape index (κ3) is 6.90. The molecule has 0 aliphatic heterocycles. The molecular weight excluding hydrogens is 198 g/mol. The lowest BCUT2D eigenvalue weighted by molar-refractivity contribution is -0.121. The third-order valence-corrected chi connectivity index (χ3v) is 1.57. The van der Waals surface area contributed by atoms with E-state index in [0.717, 1.165) is 0 Å². The van der Waals surface area contributed by atoms with Crippen LogP contribution in [0.1, 0.15) is 34.1 Å². The van der Waals surface area contributed by atoms with Crippen molar-refractivity contribution in [1.29, 1.82) is 0 Å². The van der Waals surface area contributed by atoms with E-state index in [1.54, 1.807) is 27.7 Å². The van der Waals surface area contributed by atoms with Crippen LogP contribution in [-0.4, -0.2) is 35.2 Å². The molecule has 1 amide bonds. The van der Waals surface area contributed by atoms with Crippen molar-refractivity contribution in [3.63, 3.8) is 0 Å². The zero-order chi connectivity index (χ0) is 12.1. The van der Waals surface area contributed by atoms with Gasteiger partial charge in [0.25, 0.3) is 0 Å². The maximum atomic E-state index is 11.2. The Balaban J connectivity index is 4.02. The fourth-order valence-corrected chi connectivity index (χ4v) is 0.892. The lowest BCUT2D eigenvalue weighted by Gasteiger charge is -2.21. The Morgan fingerprint density at radius 3 is 2.33 bits per heavy atom. The quantitative estimate of drug-likeness (QED) is 0.732. The Morgan fingerprint density at radius 1 is 1.40 bits per heavy atom. The van der Waals surface area contributed by atoms with E-state index in [0.29, 0.717) is 0 Å². The minimum atomic E-state index is -0.632. The SMILES string of the molecule is CC(NC(=O)OC(C)(C)C)C(=O)CCO. The minimum absolute atomic E-state index is 0.0387. The second-order valence-corrected chi connectivity index (χ2v) is 4.31. The summed E-state index contributed by atoms with van der Waals surface area (Å²) in [6.07, 6.45) is -0.585. The highest BCUT2D eigenvalue weighted by Gasteiger charge is 2.20. The predicted molar refractivity (Wildman–Crippen MR) is 55.5 cm³/mol. The fourth-order valence-electron chi connectivity index (χ4n) is 0.892. The summed E-state index contributed by atoms with van der Waals surface area (Å²) in [6, 6.07) is -0.632. The molecule has 2 N–H and O–H groups in total. The van der Waals surface area contributed by atoms with E-state index < -0.39 is 17.7 Å². The summed E-state index contributed by atoms with van der Waals surface area (Å²) in [6.45, 7) is 6.58. The highest BCUT2D eigenvalue weighted by atomic mass is 16.6. The van der Waals surface area contributed by atoms with Crippen LogP contribution in [0.2, 0.25) is 0 Å². The second-order valence-electron chi connectivity index (χ2n) is 4.31. The summed E-state index contributed by atoms with van der Waals surface area (Å²) >= 11 is 0. The van der Waals surface area contributed by atoms with Gasteiger partial charge < -0.3 is 15.2 Å². The molecule has 0 heterocycles. The van der Waals surface area contributed by atoms with Crippen LogP contribution < -0.4 is 5.32 Å². The van der Waals surface area contributed by atoms with Crippen molar-refractivity contribution >= 4 is 11.9 Å². The molecule has 0 aliphatic rings. The van der Waals surface area contributed by atoms with Gasteiger partial charge in [-0.1, -0.05) is 0 Å². The Labute approximate surface area is 89.8 Å². The molecular formula is C10H19NO4. The number of aliphatic hydroxyl groups excluding tert-OH is 1. The molecule has 15 heavy (non-hydrogen) atoms. The van der Waals surface area contributed by atoms with E-state index in [1.165, 1.54) is 0 Å². The third-order valence-electron chi connectivity index (χ3n) is 1.57. The first-order valence-corrected chi connectivity index (χ1v) is 4.89. The van der Waals surface area contributed by atoms with Crippen molar-refractivity contribution in [3.8, 4) is 0 Å². The number of ketones is 1. The van der Waals surface area contributed by atoms with Gasteiger partial charge in [0, 0.05) is 6.42 Å². The van der Waals surface area contributed by atoms with Crippen LogP contribution in [0.3, 0.4) is 0 Å². The number of alkyl carbamates (subject to hydrolysis) is 1. The molecule has 0 saturated carbocycles. The molecule has 0 bridgehead atoms. The van der Waals surface area contributed by atoms with Crippen LogP contribution in [0, 0.1) is 0 Å². The molecule has 0 aromatic carbocycles. The fraction of sp³-hybridized carbons (Fsp3) is 0.800. The zero-order valence-corrected chi connectivity index (χ0v) is 9.66. The molecule has 1 unspecified atom stereocenters. The number of ether oxygens (including phenoxy) is 1. The van der Waals surface area contributed by atoms with Gasteiger partial charge in [-0.3, -0.25) is 4.79 Å². The zero-order valence-electron chi connectivity index (χ0n) is 9.66. The number of carbonyl (C=O) groups is 2. The molecule has 0 aliphatic carbocycles. The Hall–Kier alpha value is -1.10. The van der Waals surface area contributed by atoms with Gasteiger partial charge in [-0.2, -0.15) is 0 Å². The average Bonchev–Trinajstić information content (AvgIpc) is 2.00. The first kappa shape index (κ1) is 13.9. The molecule has 0 saturated heterocycles. The number of rotatable bonds is 4. The Morgan fingerprint density at radius 2 is 1.93 bits per heavy atom. The number of hydrogen-bond donors (Lipinski definition) is 2. The lowest BCUT2D eigenvalue weighted by atomic mass is 10.1. The van der Waals surface area contributed by atoms with Crippen LogP contribution in [0.4, 0.5) is 4.79 Å². The normalized spacial score (nSPS) is 13.1. The van der Waals surface area contributed by atoms with Crippen molar-refractivity contribution in [2.24, 2.45) is 0 Å². The van der Waals surface area contributed by atoms with Gasteiger partial charge >= 0.3 is 6.09 Å². The first-order valence-electron chi connectivity index (χ1n) is 4.89. The second kappa shape index (κ2) is 5.70. The predicted octanol–water partition coefficient (Wildman–Crippen LogP) is 0.851. The van der Waals surface area contributed by atoms with Gasteiger partial charge in [0.2, 0.25) is 0 Å². The molecule has 0 spiro atoms. The summed E-state index contributed by atoms with van der Waals surface area (Å²) in [5, 5.41) is 10.9. The molecule has 88 valence electrons. The molecule has 0 aromatic heterocycles. The number of Topliss-reactive ketones (excluding diaryl/α,β-unsaturated/α-hetero) is 1. The van der Waals surface area contributed by atoms with E-state index in [1.807, 2.05) is 0 Å². The van der Waals surface area contributed by atoms with Crippen LogP contribution in [0.25, 0.3) is 0 Å². The molecule has 0 radical (unpaired) electrons. The smallest absolute Gasteiger partial charge is 0.408 e. The molecule has 5 heteroatoms. The van der Waals surface area contributed by atoms with Crippen molar-refractivity contribution in [2.45, 2.75) is 45.8 Å². The van der Waals surface area contributed by atoms with E-state index in [9.17, 15) is 9.59 Å². The standard InChI is InChI=1S/C10H19NO4/c1-7(8(13)5-6-12)11-9(14)15-10(2,3)4/h7,12H,5-6H2,1-4H3,(H,11,14). The van der Waals surface area contributed by atoms with Gasteiger partial charge in [0.15, 0.2) is 5.78 Å². The van der Waals surface area contributed by atoms with Crippen LogP contribution in [-0.2, 0) is 9.53 Å². The van der Waals surface area contributed by atoms with Gasteiger partial charge in [-0.25, -0.2) is 4.79 Å². The Bertz CT molecular complexity index is 232. The van der Waals surface area contributed by atoms with Crippen molar-refractivity contribution in [1.82, 2.24) is 5.32 Å². The van der Waals surface area contributed by atoms with E-state index in [4.69, 9.17) is 9.84 Å². The maximum Gasteiger partial charge on any atom is 0.408 e. The van der Waals surface area contributed by atoms with Crippen LogP contribution in [0.15, 0.2) is 0 Å². The maximum absolute atomic E-state index is 11.2. The van der Waals surface area contributed by atoms with Gasteiger partial charge in [0.05, 0.1) is 12.6 Å². The number of nitrogens with one attached hydrogen (secondary N) is 1. The van der Waals surface area contributed by atoms with E-state index in [2.05, 4.69) is 5.32 Å². The summed E-state index contributed by atoms with van der Waals surface area (Å²) in [5.41, 5.74) is -0.580. The first-order chi connectivity index (χ1) is 6.76. The summed E-state index contributed by atoms with van der Waals surface area (Å²) in [4.78, 5) is 22.4. The highest BCUT2D eigenvalue weighted by Crippen LogP contribution is 2.06. The van der Waals surface area contributed by atoms with Gasteiger partial charge in [0.1, 0.15) is 5.60 Å². The molecule has 0 fully saturated rings. The van der Waals surface area contributed by atoms with Crippen molar-refractivity contribution < 1.29 is 19.4 Å². The number of aliphatic hydroxyl groups is 1. The lowest BCUT2D eigenvalue weighted by Crippen LogP contribution is -2.41. The minimum Gasteiger partial charge on any atom is -0.444 e.